The van der Waals surface area contributed by atoms with Crippen LogP contribution in [-0.2, 0) is 38.7 Å². The van der Waals surface area contributed by atoms with Crippen LogP contribution in [0.5, 0.6) is 11.5 Å². The number of amides is 4. The number of allylic oxidation sites excluding steroid dienone is 1. The number of carbonyl (C=O) groups excluding carboxylic acids is 5. The quantitative estimate of drug-likeness (QED) is 0.111. The summed E-state index contributed by atoms with van der Waals surface area (Å²) in [7, 11) is -2.43. The molecule has 4 amide bonds. The molecule has 2 heterocycles. The van der Waals surface area contributed by atoms with Gasteiger partial charge >= 0.3 is 12.1 Å². The first-order valence-corrected chi connectivity index (χ1v) is 21.3. The van der Waals surface area contributed by atoms with Crippen molar-refractivity contribution in [3.63, 3.8) is 0 Å². The zero-order valence-electron chi connectivity index (χ0n) is 34.4. The van der Waals surface area contributed by atoms with Gasteiger partial charge in [0.15, 0.2) is 0 Å². The number of pyridine rings is 1. The van der Waals surface area contributed by atoms with Crippen LogP contribution < -0.4 is 24.8 Å². The Morgan fingerprint density at radius 1 is 1.05 bits per heavy atom. The Morgan fingerprint density at radius 2 is 1.77 bits per heavy atom. The minimum absolute atomic E-state index is 0.0738. The third-order valence-electron chi connectivity index (χ3n) is 10.5. The highest BCUT2D eigenvalue weighted by Crippen LogP contribution is 2.45. The Morgan fingerprint density at radius 3 is 2.38 bits per heavy atom. The van der Waals surface area contributed by atoms with E-state index in [-0.39, 0.29) is 19.4 Å². The Kier molecular flexibility index (Phi) is 12.6. The molecule has 0 radical (unpaired) electrons. The van der Waals surface area contributed by atoms with Crippen LogP contribution in [0.25, 0.3) is 22.2 Å². The maximum Gasteiger partial charge on any atom is 0.408 e. The van der Waals surface area contributed by atoms with Crippen LogP contribution in [0.15, 0.2) is 79.4 Å². The van der Waals surface area contributed by atoms with E-state index in [1.165, 1.54) is 24.0 Å². The number of rotatable bonds is 15. The molecular formula is C43H51N5O11S. The van der Waals surface area contributed by atoms with Gasteiger partial charge in [-0.3, -0.25) is 19.1 Å². The molecule has 320 valence electrons. The number of carbonyl (C=O) groups is 5. The van der Waals surface area contributed by atoms with Crippen LogP contribution in [0.4, 0.5) is 4.79 Å². The van der Waals surface area contributed by atoms with Crippen LogP contribution >= 0.6 is 0 Å². The van der Waals surface area contributed by atoms with Gasteiger partial charge in [-0.2, -0.15) is 0 Å². The van der Waals surface area contributed by atoms with Crippen LogP contribution in [0, 0.1) is 5.92 Å². The van der Waals surface area contributed by atoms with E-state index in [4.69, 9.17) is 23.9 Å². The molecule has 1 aromatic heterocycles. The number of hydrogen-bond acceptors (Lipinski definition) is 12. The van der Waals surface area contributed by atoms with Gasteiger partial charge in [0.2, 0.25) is 21.8 Å². The standard InChI is InChI=1S/C43H51N5O11S/c1-8-13-36(49)57-25(3)37(45-41(53)59-42(4,5)6)39(51)48-24-29(21-34(48)38(50)46-43(23-27(43)9-2)40(52)47-60(54,55)30-17-18-30)58-35-22-32(26-14-11-10-12-15-26)44-33-20-28(56-7)16-19-31(33)35/h8-16,19-20,22,25,27,29-30,34,37H,2,17-18,21,23-24H2,1,3-7H3,(H,45,53)(H,46,50)(H,47,52)/b13-8+/t25-,27-,29?,34+,37+,43-/m1/s1. The van der Waals surface area contributed by atoms with E-state index in [0.717, 1.165) is 11.6 Å². The minimum Gasteiger partial charge on any atom is -0.497 e. The van der Waals surface area contributed by atoms with Gasteiger partial charge in [0.05, 0.1) is 30.1 Å². The summed E-state index contributed by atoms with van der Waals surface area (Å²) in [5, 5.41) is 5.21. The summed E-state index contributed by atoms with van der Waals surface area (Å²) >= 11 is 0. The second kappa shape index (κ2) is 17.3. The lowest BCUT2D eigenvalue weighted by atomic mass is 10.1. The average molecular weight is 846 g/mol. The van der Waals surface area contributed by atoms with E-state index in [9.17, 15) is 32.4 Å². The molecule has 3 N–H and O–H groups in total. The second-order valence-corrected chi connectivity index (χ2v) is 18.1. The van der Waals surface area contributed by atoms with Crippen molar-refractivity contribution in [2.75, 3.05) is 13.7 Å². The van der Waals surface area contributed by atoms with Gasteiger partial charge in [-0.15, -0.1) is 6.58 Å². The van der Waals surface area contributed by atoms with Crippen molar-refractivity contribution in [3.05, 3.63) is 79.4 Å². The number of benzene rings is 2. The van der Waals surface area contributed by atoms with Gasteiger partial charge in [-0.25, -0.2) is 23.0 Å². The molecule has 1 unspecified atom stereocenters. The number of alkyl carbamates (subject to hydrolysis) is 1. The van der Waals surface area contributed by atoms with Gasteiger partial charge in [0, 0.05) is 41.5 Å². The molecule has 3 aliphatic rings. The Labute approximate surface area is 349 Å². The number of esters is 1. The van der Waals surface area contributed by atoms with Crippen molar-refractivity contribution in [3.8, 4) is 22.8 Å². The van der Waals surface area contributed by atoms with Gasteiger partial charge in [-0.1, -0.05) is 42.5 Å². The summed E-state index contributed by atoms with van der Waals surface area (Å²) in [6.45, 7) is 11.5. The number of fused-ring (bicyclic) bond motifs is 1. The van der Waals surface area contributed by atoms with Gasteiger partial charge < -0.3 is 34.5 Å². The summed E-state index contributed by atoms with van der Waals surface area (Å²) in [4.78, 5) is 74.7. The SMILES string of the molecule is C=C[C@@H]1C[C@]1(NC(=O)[C@@H]1CC(Oc2cc(-c3ccccc3)nc3cc(OC)ccc23)CN1C(=O)[C@@H](NC(=O)OC(C)(C)C)[C@@H](C)OC(=O)/C=C/C)C(=O)NS(=O)(=O)C1CC1. The fourth-order valence-corrected chi connectivity index (χ4v) is 8.51. The number of sulfonamides is 1. The molecule has 17 heteroatoms. The minimum atomic E-state index is -3.97. The highest BCUT2D eigenvalue weighted by atomic mass is 32.2. The molecule has 16 nitrogen and oxygen atoms in total. The van der Waals surface area contributed by atoms with Crippen molar-refractivity contribution in [1.82, 2.24) is 25.2 Å². The van der Waals surface area contributed by atoms with E-state index in [2.05, 4.69) is 21.9 Å². The van der Waals surface area contributed by atoms with Crippen molar-refractivity contribution in [2.45, 2.75) is 101 Å². The summed E-state index contributed by atoms with van der Waals surface area (Å²) in [6.07, 6.45) is 1.79. The van der Waals surface area contributed by atoms with Crippen molar-refractivity contribution < 1.29 is 51.3 Å². The Balaban J connectivity index is 1.36. The first-order valence-electron chi connectivity index (χ1n) is 19.7. The Bertz CT molecular complexity index is 2310. The average Bonchev–Trinajstić information content (AvgIpc) is 4.12. The van der Waals surface area contributed by atoms with E-state index in [0.29, 0.717) is 40.9 Å². The zero-order valence-corrected chi connectivity index (χ0v) is 35.2. The third kappa shape index (κ3) is 9.89. The lowest BCUT2D eigenvalue weighted by molar-refractivity contribution is -0.150. The molecule has 60 heavy (non-hydrogen) atoms. The number of likely N-dealkylation sites (tertiary alicyclic amines) is 1. The summed E-state index contributed by atoms with van der Waals surface area (Å²) in [6, 6.07) is 13.6. The maximum atomic E-state index is 14.8. The molecule has 1 saturated heterocycles. The molecule has 3 aromatic rings. The second-order valence-electron chi connectivity index (χ2n) is 16.2. The lowest BCUT2D eigenvalue weighted by Crippen LogP contribution is -2.60. The molecule has 2 saturated carbocycles. The molecule has 6 rings (SSSR count). The van der Waals surface area contributed by atoms with Crippen LogP contribution in [-0.4, -0.2) is 102 Å². The van der Waals surface area contributed by atoms with Gasteiger partial charge in [0.25, 0.3) is 5.91 Å². The summed E-state index contributed by atoms with van der Waals surface area (Å²) < 4.78 is 50.9. The predicted molar refractivity (Wildman–Crippen MR) is 221 cm³/mol. The number of nitrogens with zero attached hydrogens (tertiary/aromatic N) is 2. The van der Waals surface area contributed by atoms with E-state index in [1.807, 2.05) is 30.3 Å². The molecule has 3 fully saturated rings. The molecule has 2 aliphatic carbocycles. The van der Waals surface area contributed by atoms with E-state index in [1.54, 1.807) is 59.1 Å². The van der Waals surface area contributed by atoms with Crippen molar-refractivity contribution in [1.29, 1.82) is 0 Å². The van der Waals surface area contributed by atoms with Crippen LogP contribution in [0.2, 0.25) is 0 Å². The van der Waals surface area contributed by atoms with E-state index < -0.39 is 86.4 Å². The maximum absolute atomic E-state index is 14.8. The lowest BCUT2D eigenvalue weighted by Gasteiger charge is -2.32. The number of hydrogen-bond donors (Lipinski definition) is 3. The number of methoxy groups -OCH3 is 1. The number of nitrogens with one attached hydrogen (secondary N) is 3. The van der Waals surface area contributed by atoms with Crippen molar-refractivity contribution in [2.24, 2.45) is 5.92 Å². The zero-order chi connectivity index (χ0) is 43.6. The predicted octanol–water partition coefficient (Wildman–Crippen LogP) is 4.33. The fraction of sp³-hybridized carbons (Fsp3) is 0.442. The largest absolute Gasteiger partial charge is 0.497 e. The summed E-state index contributed by atoms with van der Waals surface area (Å²) in [5.41, 5.74) is -0.658. The normalized spacial score (nSPS) is 22.3. The molecule has 2 aromatic carbocycles. The Hall–Kier alpha value is -5.97. The number of ether oxygens (including phenoxy) is 4. The number of aromatic nitrogens is 1. The van der Waals surface area contributed by atoms with Crippen molar-refractivity contribution >= 4 is 50.7 Å². The summed E-state index contributed by atoms with van der Waals surface area (Å²) in [5.74, 6) is -2.91. The highest BCUT2D eigenvalue weighted by Gasteiger charge is 2.62. The van der Waals surface area contributed by atoms with Crippen LogP contribution in [0.3, 0.4) is 0 Å². The topological polar surface area (TPSA) is 209 Å². The van der Waals surface area contributed by atoms with Gasteiger partial charge in [0.1, 0.15) is 46.9 Å². The highest BCUT2D eigenvalue weighted by molar-refractivity contribution is 7.91. The molecule has 0 bridgehead atoms. The van der Waals surface area contributed by atoms with Crippen LogP contribution in [0.1, 0.15) is 60.3 Å². The van der Waals surface area contributed by atoms with Gasteiger partial charge in [-0.05, 0) is 66.0 Å². The molecular weight excluding hydrogens is 795 g/mol. The smallest absolute Gasteiger partial charge is 0.408 e. The first kappa shape index (κ1) is 43.6. The van der Waals surface area contributed by atoms with E-state index >= 15 is 0 Å². The molecule has 0 spiro atoms. The molecule has 1 aliphatic heterocycles. The third-order valence-corrected chi connectivity index (χ3v) is 12.3. The first-order chi connectivity index (χ1) is 28.4. The fourth-order valence-electron chi connectivity index (χ4n) is 7.15. The monoisotopic (exact) mass is 845 g/mol. The molecule has 6 atom stereocenters.